The van der Waals surface area contributed by atoms with Gasteiger partial charge in [-0.1, -0.05) is 0 Å². The minimum atomic E-state index is -1.05. The SMILES string of the molecule is N#C[C@@H]1C(C2CCOCC2)N(C(=O)O)CC[C@@H]1n1cc(C(N)=O)c(Nc2ccc(F)cc2)n1. The number of anilines is 2. The van der Waals surface area contributed by atoms with E-state index in [-0.39, 0.29) is 23.8 Å². The fraction of sp³-hybridized carbons (Fsp3) is 0.455. The normalized spacial score (nSPS) is 23.6. The number of nitrogens with zero attached hydrogens (tertiary/aromatic N) is 4. The highest BCUT2D eigenvalue weighted by atomic mass is 19.1. The summed E-state index contributed by atoms with van der Waals surface area (Å²) in [7, 11) is 0. The van der Waals surface area contributed by atoms with Crippen LogP contribution in [0.25, 0.3) is 0 Å². The first-order valence-electron chi connectivity index (χ1n) is 10.8. The number of carboxylic acid groups (broad SMARTS) is 1. The number of nitrogens with one attached hydrogen (secondary N) is 1. The molecule has 10 nitrogen and oxygen atoms in total. The van der Waals surface area contributed by atoms with Crippen molar-refractivity contribution in [3.63, 3.8) is 0 Å². The number of piperidine rings is 1. The minimum Gasteiger partial charge on any atom is -0.465 e. The Hall–Kier alpha value is -3.65. The Bertz CT molecular complexity index is 1060. The minimum absolute atomic E-state index is 0.00900. The summed E-state index contributed by atoms with van der Waals surface area (Å²) < 4.78 is 20.2. The summed E-state index contributed by atoms with van der Waals surface area (Å²) in [6, 6.07) is 6.91. The number of amides is 2. The van der Waals surface area contributed by atoms with Crippen LogP contribution in [-0.2, 0) is 4.74 Å². The highest BCUT2D eigenvalue weighted by Gasteiger charge is 2.46. The lowest BCUT2D eigenvalue weighted by Gasteiger charge is -2.45. The van der Waals surface area contributed by atoms with Crippen molar-refractivity contribution in [3.8, 4) is 6.07 Å². The molecule has 0 radical (unpaired) electrons. The van der Waals surface area contributed by atoms with Crippen LogP contribution in [-0.4, -0.2) is 57.6 Å². The van der Waals surface area contributed by atoms with E-state index in [2.05, 4.69) is 16.5 Å². The molecule has 4 rings (SSSR count). The Kier molecular flexibility index (Phi) is 6.46. The van der Waals surface area contributed by atoms with Crippen molar-refractivity contribution in [3.05, 3.63) is 41.8 Å². The van der Waals surface area contributed by atoms with Crippen LogP contribution in [0, 0.1) is 29.0 Å². The average molecular weight is 456 g/mol. The lowest BCUT2D eigenvalue weighted by molar-refractivity contribution is -0.00876. The second-order valence-electron chi connectivity index (χ2n) is 8.29. The van der Waals surface area contributed by atoms with Crippen LogP contribution < -0.4 is 11.1 Å². The fourth-order valence-electron chi connectivity index (χ4n) is 4.81. The average Bonchev–Trinajstić information content (AvgIpc) is 3.24. The lowest BCUT2D eigenvalue weighted by atomic mass is 9.76. The van der Waals surface area contributed by atoms with Crippen molar-refractivity contribution in [2.24, 2.45) is 17.6 Å². The molecule has 2 aromatic rings. The number of hydrogen-bond acceptors (Lipinski definition) is 6. The van der Waals surface area contributed by atoms with Crippen LogP contribution in [0.15, 0.2) is 30.5 Å². The van der Waals surface area contributed by atoms with E-state index in [0.717, 1.165) is 0 Å². The Morgan fingerprint density at radius 2 is 1.94 bits per heavy atom. The zero-order valence-corrected chi connectivity index (χ0v) is 17.9. The number of hydrogen-bond donors (Lipinski definition) is 3. The van der Waals surface area contributed by atoms with Gasteiger partial charge < -0.3 is 25.8 Å². The van der Waals surface area contributed by atoms with E-state index in [1.165, 1.54) is 40.0 Å². The van der Waals surface area contributed by atoms with Gasteiger partial charge in [-0.05, 0) is 49.4 Å². The molecule has 0 bridgehead atoms. The smallest absolute Gasteiger partial charge is 0.407 e. The van der Waals surface area contributed by atoms with E-state index in [1.54, 1.807) is 0 Å². The molecule has 2 amide bonds. The molecule has 2 saturated heterocycles. The summed E-state index contributed by atoms with van der Waals surface area (Å²) in [5, 5.41) is 27.3. The Morgan fingerprint density at radius 1 is 1.24 bits per heavy atom. The molecule has 2 aliphatic heterocycles. The largest absolute Gasteiger partial charge is 0.465 e. The fourth-order valence-corrected chi connectivity index (χ4v) is 4.81. The standard InChI is InChI=1S/C22H25FN6O4/c23-14-1-3-15(4-2-14)26-21-17(20(25)30)12-29(27-21)18-5-8-28(22(31)32)19(16(18)11-24)13-6-9-33-10-7-13/h1-4,12-13,16,18-19H,5-10H2,(H2,25,30)(H,26,27)(H,31,32)/t16-,18-,19?/m0/s1. The number of rotatable bonds is 5. The second-order valence-corrected chi connectivity index (χ2v) is 8.29. The Morgan fingerprint density at radius 3 is 2.55 bits per heavy atom. The lowest BCUT2D eigenvalue weighted by Crippen LogP contribution is -2.55. The first-order chi connectivity index (χ1) is 15.9. The Labute approximate surface area is 189 Å². The summed E-state index contributed by atoms with van der Waals surface area (Å²) in [6.07, 6.45) is 2.13. The molecule has 0 saturated carbocycles. The van der Waals surface area contributed by atoms with Gasteiger partial charge in [0.25, 0.3) is 5.91 Å². The summed E-state index contributed by atoms with van der Waals surface area (Å²) in [6.45, 7) is 1.29. The number of aromatic nitrogens is 2. The molecule has 11 heteroatoms. The van der Waals surface area contributed by atoms with Crippen molar-refractivity contribution < 1.29 is 23.8 Å². The van der Waals surface area contributed by atoms with Gasteiger partial charge in [0.15, 0.2) is 5.82 Å². The number of carbonyl (C=O) groups excluding carboxylic acids is 1. The first-order valence-corrected chi connectivity index (χ1v) is 10.8. The summed E-state index contributed by atoms with van der Waals surface area (Å²) in [4.78, 5) is 25.4. The van der Waals surface area contributed by atoms with Crippen molar-refractivity contribution in [1.82, 2.24) is 14.7 Å². The molecular formula is C22H25FN6O4. The van der Waals surface area contributed by atoms with E-state index < -0.39 is 35.8 Å². The van der Waals surface area contributed by atoms with Gasteiger partial charge in [0, 0.05) is 31.6 Å². The third kappa shape index (κ3) is 4.61. The van der Waals surface area contributed by atoms with E-state index >= 15 is 0 Å². The summed E-state index contributed by atoms with van der Waals surface area (Å²) in [5.41, 5.74) is 6.19. The molecule has 0 spiro atoms. The number of carbonyl (C=O) groups is 2. The van der Waals surface area contributed by atoms with Crippen molar-refractivity contribution in [1.29, 1.82) is 5.26 Å². The predicted octanol–water partition coefficient (Wildman–Crippen LogP) is 2.72. The van der Waals surface area contributed by atoms with E-state index in [1.807, 2.05) is 0 Å². The maximum atomic E-state index is 13.2. The molecule has 4 N–H and O–H groups in total. The van der Waals surface area contributed by atoms with Gasteiger partial charge in [0.1, 0.15) is 11.4 Å². The number of primary amides is 1. The molecule has 2 aliphatic rings. The molecular weight excluding hydrogens is 431 g/mol. The maximum absolute atomic E-state index is 13.2. The van der Waals surface area contributed by atoms with E-state index in [4.69, 9.17) is 10.5 Å². The van der Waals surface area contributed by atoms with Crippen LogP contribution in [0.1, 0.15) is 35.7 Å². The first kappa shape index (κ1) is 22.5. The molecule has 33 heavy (non-hydrogen) atoms. The zero-order valence-electron chi connectivity index (χ0n) is 17.9. The number of nitriles is 1. The molecule has 0 aliphatic carbocycles. The molecule has 1 aromatic heterocycles. The topological polar surface area (TPSA) is 146 Å². The van der Waals surface area contributed by atoms with Crippen LogP contribution in [0.3, 0.4) is 0 Å². The molecule has 1 aromatic carbocycles. The van der Waals surface area contributed by atoms with Crippen molar-refractivity contribution >= 4 is 23.5 Å². The molecule has 174 valence electrons. The van der Waals surface area contributed by atoms with Crippen molar-refractivity contribution in [2.45, 2.75) is 31.3 Å². The van der Waals surface area contributed by atoms with Gasteiger partial charge in [-0.25, -0.2) is 9.18 Å². The monoisotopic (exact) mass is 456 g/mol. The number of nitrogens with two attached hydrogens (primary N) is 1. The van der Waals surface area contributed by atoms with E-state index in [0.29, 0.717) is 38.2 Å². The molecule has 2 fully saturated rings. The van der Waals surface area contributed by atoms with Crippen LogP contribution in [0.2, 0.25) is 0 Å². The highest BCUT2D eigenvalue weighted by molar-refractivity contribution is 5.98. The number of likely N-dealkylation sites (tertiary alicyclic amines) is 1. The van der Waals surface area contributed by atoms with Crippen molar-refractivity contribution in [2.75, 3.05) is 25.1 Å². The van der Waals surface area contributed by atoms with Gasteiger partial charge in [0.2, 0.25) is 0 Å². The third-order valence-electron chi connectivity index (χ3n) is 6.40. The van der Waals surface area contributed by atoms with Crippen LogP contribution in [0.5, 0.6) is 0 Å². The van der Waals surface area contributed by atoms with E-state index in [9.17, 15) is 24.3 Å². The number of halogens is 1. The maximum Gasteiger partial charge on any atom is 0.407 e. The number of benzene rings is 1. The van der Waals surface area contributed by atoms with Gasteiger partial charge >= 0.3 is 6.09 Å². The van der Waals surface area contributed by atoms with Gasteiger partial charge in [-0.15, -0.1) is 0 Å². The number of ether oxygens (including phenoxy) is 1. The summed E-state index contributed by atoms with van der Waals surface area (Å²) in [5.74, 6) is -1.60. The highest BCUT2D eigenvalue weighted by Crippen LogP contribution is 2.39. The Balaban J connectivity index is 1.67. The van der Waals surface area contributed by atoms with Gasteiger partial charge in [-0.2, -0.15) is 10.4 Å². The van der Waals surface area contributed by atoms with Crippen LogP contribution in [0.4, 0.5) is 20.7 Å². The zero-order chi connectivity index (χ0) is 23.5. The van der Waals surface area contributed by atoms with Gasteiger partial charge in [-0.3, -0.25) is 9.48 Å². The molecule has 3 heterocycles. The predicted molar refractivity (Wildman–Crippen MR) is 115 cm³/mol. The van der Waals surface area contributed by atoms with Gasteiger partial charge in [0.05, 0.1) is 24.1 Å². The molecule has 3 atom stereocenters. The summed E-state index contributed by atoms with van der Waals surface area (Å²) >= 11 is 0. The second kappa shape index (κ2) is 9.46. The van der Waals surface area contributed by atoms with Crippen LogP contribution >= 0.6 is 0 Å². The third-order valence-corrected chi connectivity index (χ3v) is 6.40. The quantitative estimate of drug-likeness (QED) is 0.627. The molecule has 1 unspecified atom stereocenters.